The van der Waals surface area contributed by atoms with Crippen molar-refractivity contribution < 1.29 is 0 Å². The van der Waals surface area contributed by atoms with Gasteiger partial charge in [0, 0.05) is 45.0 Å². The van der Waals surface area contributed by atoms with Crippen molar-refractivity contribution in [1.82, 2.24) is 15.1 Å². The largest absolute Gasteiger partial charge is 0.368 e. The Bertz CT molecular complexity index is 504. The molecule has 0 atom stereocenters. The summed E-state index contributed by atoms with van der Waals surface area (Å²) < 4.78 is 0. The number of hydrogen-bond acceptors (Lipinski definition) is 3. The predicted molar refractivity (Wildman–Crippen MR) is 113 cm³/mol. The first-order valence-corrected chi connectivity index (χ1v) is 10.3. The summed E-state index contributed by atoms with van der Waals surface area (Å²) in [4.78, 5) is 12.2. The number of para-hydroxylation sites is 1. The van der Waals surface area contributed by atoms with Crippen LogP contribution >= 0.6 is 0 Å². The number of piperazine rings is 1. The molecule has 0 amide bonds. The molecule has 1 fully saturated rings. The highest BCUT2D eigenvalue weighted by Gasteiger charge is 2.19. The molecule has 26 heavy (non-hydrogen) atoms. The summed E-state index contributed by atoms with van der Waals surface area (Å²) >= 11 is 0. The first kappa shape index (κ1) is 20.6. The fraction of sp³-hybridized carbons (Fsp3) is 0.667. The van der Waals surface area contributed by atoms with E-state index < -0.39 is 0 Å². The summed E-state index contributed by atoms with van der Waals surface area (Å²) in [5.74, 6) is 1.09. The third-order valence-corrected chi connectivity index (χ3v) is 5.07. The molecule has 1 aromatic rings. The van der Waals surface area contributed by atoms with Crippen molar-refractivity contribution in [2.24, 2.45) is 4.99 Å². The Hall–Kier alpha value is -1.75. The number of nitrogens with one attached hydrogen (secondary N) is 1. The van der Waals surface area contributed by atoms with Gasteiger partial charge in [-0.25, -0.2) is 0 Å². The zero-order chi connectivity index (χ0) is 18.6. The Morgan fingerprint density at radius 1 is 1.00 bits per heavy atom. The minimum atomic E-state index is 0.919. The molecule has 0 spiro atoms. The normalized spacial score (nSPS) is 15.6. The summed E-state index contributed by atoms with van der Waals surface area (Å²) in [6.45, 7) is 16.1. The molecule has 5 nitrogen and oxygen atoms in total. The van der Waals surface area contributed by atoms with Crippen molar-refractivity contribution in [3.05, 3.63) is 30.3 Å². The van der Waals surface area contributed by atoms with Gasteiger partial charge in [-0.3, -0.25) is 4.99 Å². The maximum Gasteiger partial charge on any atom is 0.194 e. The quantitative estimate of drug-likeness (QED) is 0.418. The van der Waals surface area contributed by atoms with E-state index in [0.29, 0.717) is 0 Å². The smallest absolute Gasteiger partial charge is 0.194 e. The Morgan fingerprint density at radius 3 is 2.31 bits per heavy atom. The van der Waals surface area contributed by atoms with Crippen LogP contribution in [0.15, 0.2) is 35.3 Å². The maximum absolute atomic E-state index is 4.88. The zero-order valence-corrected chi connectivity index (χ0v) is 17.0. The molecular formula is C21H37N5. The number of guanidine groups is 1. The molecule has 0 aromatic heterocycles. The monoisotopic (exact) mass is 359 g/mol. The average Bonchev–Trinajstić information content (AvgIpc) is 2.71. The molecule has 0 bridgehead atoms. The molecule has 0 unspecified atom stereocenters. The van der Waals surface area contributed by atoms with E-state index in [4.69, 9.17) is 4.99 Å². The van der Waals surface area contributed by atoms with Crippen LogP contribution in [0.2, 0.25) is 0 Å². The van der Waals surface area contributed by atoms with Crippen LogP contribution in [0.3, 0.4) is 0 Å². The molecule has 1 aromatic carbocycles. The van der Waals surface area contributed by atoms with Gasteiger partial charge in [0.15, 0.2) is 5.96 Å². The van der Waals surface area contributed by atoms with Crippen molar-refractivity contribution in [3.8, 4) is 0 Å². The number of anilines is 1. The van der Waals surface area contributed by atoms with E-state index in [1.807, 2.05) is 0 Å². The van der Waals surface area contributed by atoms with Crippen LogP contribution in [0.5, 0.6) is 0 Å². The minimum Gasteiger partial charge on any atom is -0.368 e. The molecule has 0 radical (unpaired) electrons. The fourth-order valence-electron chi connectivity index (χ4n) is 3.41. The summed E-state index contributed by atoms with van der Waals surface area (Å²) in [5, 5.41) is 3.48. The van der Waals surface area contributed by atoms with Crippen LogP contribution in [-0.2, 0) is 0 Å². The standard InChI is InChI=1S/C21H37N5/c1-4-22-21(23-14-10-11-15-24(5-2)6-3)26-18-16-25(17-19-26)20-12-8-7-9-13-20/h7-9,12-13H,4-6,10-11,14-19H2,1-3H3,(H,22,23). The molecular weight excluding hydrogens is 322 g/mol. The summed E-state index contributed by atoms with van der Waals surface area (Å²) in [6, 6.07) is 10.7. The van der Waals surface area contributed by atoms with E-state index in [1.165, 1.54) is 18.7 Å². The molecule has 1 aliphatic rings. The first-order chi connectivity index (χ1) is 12.8. The van der Waals surface area contributed by atoms with E-state index in [9.17, 15) is 0 Å². The first-order valence-electron chi connectivity index (χ1n) is 10.3. The second kappa shape index (κ2) is 11.8. The lowest BCUT2D eigenvalue weighted by atomic mass is 10.2. The topological polar surface area (TPSA) is 34.1 Å². The van der Waals surface area contributed by atoms with Gasteiger partial charge in [-0.2, -0.15) is 0 Å². The van der Waals surface area contributed by atoms with Gasteiger partial charge in [0.25, 0.3) is 0 Å². The predicted octanol–water partition coefficient (Wildman–Crippen LogP) is 2.90. The number of unbranched alkanes of at least 4 members (excludes halogenated alkanes) is 1. The van der Waals surface area contributed by atoms with Crippen molar-refractivity contribution >= 4 is 11.6 Å². The zero-order valence-electron chi connectivity index (χ0n) is 17.0. The molecule has 2 rings (SSSR count). The lowest BCUT2D eigenvalue weighted by Gasteiger charge is -2.37. The highest BCUT2D eigenvalue weighted by atomic mass is 15.3. The number of aliphatic imine (C=N–C) groups is 1. The lowest BCUT2D eigenvalue weighted by Crippen LogP contribution is -2.52. The number of hydrogen-bond donors (Lipinski definition) is 1. The molecule has 5 heteroatoms. The Labute approximate surface area is 160 Å². The van der Waals surface area contributed by atoms with Crippen LogP contribution in [0.4, 0.5) is 5.69 Å². The van der Waals surface area contributed by atoms with Gasteiger partial charge < -0.3 is 20.0 Å². The van der Waals surface area contributed by atoms with Gasteiger partial charge in [-0.1, -0.05) is 32.0 Å². The number of nitrogens with zero attached hydrogens (tertiary/aromatic N) is 4. The SMILES string of the molecule is CCNC(=NCCCCN(CC)CC)N1CCN(c2ccccc2)CC1. The van der Waals surface area contributed by atoms with Gasteiger partial charge in [0.1, 0.15) is 0 Å². The molecule has 1 saturated heterocycles. The van der Waals surface area contributed by atoms with Gasteiger partial charge in [-0.15, -0.1) is 0 Å². The van der Waals surface area contributed by atoms with E-state index in [-0.39, 0.29) is 0 Å². The highest BCUT2D eigenvalue weighted by molar-refractivity contribution is 5.80. The highest BCUT2D eigenvalue weighted by Crippen LogP contribution is 2.15. The van der Waals surface area contributed by atoms with Gasteiger partial charge >= 0.3 is 0 Å². The third-order valence-electron chi connectivity index (χ3n) is 5.07. The molecule has 1 aliphatic heterocycles. The van der Waals surface area contributed by atoms with Gasteiger partial charge in [0.2, 0.25) is 0 Å². The van der Waals surface area contributed by atoms with Gasteiger partial charge in [0.05, 0.1) is 0 Å². The van der Waals surface area contributed by atoms with E-state index in [1.54, 1.807) is 0 Å². The van der Waals surface area contributed by atoms with Gasteiger partial charge in [-0.05, 0) is 51.5 Å². The van der Waals surface area contributed by atoms with Crippen LogP contribution in [0, 0.1) is 0 Å². The van der Waals surface area contributed by atoms with Crippen molar-refractivity contribution in [1.29, 1.82) is 0 Å². The maximum atomic E-state index is 4.88. The molecule has 1 N–H and O–H groups in total. The average molecular weight is 360 g/mol. The molecule has 146 valence electrons. The minimum absolute atomic E-state index is 0.919. The summed E-state index contributed by atoms with van der Waals surface area (Å²) in [5.41, 5.74) is 1.32. The number of rotatable bonds is 9. The second-order valence-electron chi connectivity index (χ2n) is 6.78. The summed E-state index contributed by atoms with van der Waals surface area (Å²) in [7, 11) is 0. The van der Waals surface area contributed by atoms with Crippen molar-refractivity contribution in [2.45, 2.75) is 33.6 Å². The number of benzene rings is 1. The molecule has 0 aliphatic carbocycles. The Morgan fingerprint density at radius 2 is 1.69 bits per heavy atom. The fourth-order valence-corrected chi connectivity index (χ4v) is 3.41. The molecule has 1 heterocycles. The van der Waals surface area contributed by atoms with E-state index in [0.717, 1.165) is 64.7 Å². The van der Waals surface area contributed by atoms with Crippen LogP contribution in [-0.4, -0.2) is 74.7 Å². The van der Waals surface area contributed by atoms with Crippen LogP contribution < -0.4 is 10.2 Å². The second-order valence-corrected chi connectivity index (χ2v) is 6.78. The van der Waals surface area contributed by atoms with E-state index >= 15 is 0 Å². The van der Waals surface area contributed by atoms with Crippen molar-refractivity contribution in [3.63, 3.8) is 0 Å². The van der Waals surface area contributed by atoms with Crippen molar-refractivity contribution in [2.75, 3.05) is 63.8 Å². The Balaban J connectivity index is 1.78. The van der Waals surface area contributed by atoms with Crippen LogP contribution in [0.1, 0.15) is 33.6 Å². The molecule has 0 saturated carbocycles. The lowest BCUT2D eigenvalue weighted by molar-refractivity contribution is 0.297. The van der Waals surface area contributed by atoms with Crippen LogP contribution in [0.25, 0.3) is 0 Å². The summed E-state index contributed by atoms with van der Waals surface area (Å²) in [6.07, 6.45) is 2.39. The third kappa shape index (κ3) is 6.52. The Kier molecular flexibility index (Phi) is 9.32. The van der Waals surface area contributed by atoms with E-state index in [2.05, 4.69) is 71.1 Å².